The van der Waals surface area contributed by atoms with Crippen LogP contribution in [0.2, 0.25) is 0 Å². The third-order valence-electron chi connectivity index (χ3n) is 3.12. The molecule has 1 heterocycles. The van der Waals surface area contributed by atoms with E-state index in [1.165, 1.54) is 15.6 Å². The first kappa shape index (κ1) is 16.6. The van der Waals surface area contributed by atoms with Crippen LogP contribution in [0.3, 0.4) is 0 Å². The minimum absolute atomic E-state index is 0.376. The molecule has 0 spiro atoms. The third-order valence-corrected chi connectivity index (χ3v) is 6.49. The Bertz CT molecular complexity index is 483. The van der Waals surface area contributed by atoms with Crippen molar-refractivity contribution in [2.75, 3.05) is 20.1 Å². The van der Waals surface area contributed by atoms with Gasteiger partial charge in [-0.2, -0.15) is 4.31 Å². The van der Waals surface area contributed by atoms with Crippen molar-refractivity contribution in [2.45, 2.75) is 37.9 Å². The third kappa shape index (κ3) is 4.56. The smallest absolute Gasteiger partial charge is 0.252 e. The Balaban J connectivity index is 2.79. The molecular formula is C13H24N2O2S2. The topological polar surface area (TPSA) is 49.4 Å². The highest BCUT2D eigenvalue weighted by Crippen LogP contribution is 2.25. The zero-order chi connectivity index (χ0) is 14.5. The lowest BCUT2D eigenvalue weighted by molar-refractivity contribution is 0.394. The van der Waals surface area contributed by atoms with E-state index in [0.29, 0.717) is 16.7 Å². The van der Waals surface area contributed by atoms with Crippen LogP contribution in [0.1, 0.15) is 32.1 Å². The summed E-state index contributed by atoms with van der Waals surface area (Å²) in [5.74, 6) is 0.376. The van der Waals surface area contributed by atoms with Crippen LogP contribution in [0.5, 0.6) is 0 Å². The number of nitrogens with one attached hydrogen (secondary N) is 1. The summed E-state index contributed by atoms with van der Waals surface area (Å²) in [6, 6.07) is 3.59. The predicted molar refractivity (Wildman–Crippen MR) is 81.0 cm³/mol. The van der Waals surface area contributed by atoms with E-state index in [9.17, 15) is 8.42 Å². The number of thiophene rings is 1. The van der Waals surface area contributed by atoms with E-state index in [4.69, 9.17) is 0 Å². The van der Waals surface area contributed by atoms with Crippen molar-refractivity contribution in [1.29, 1.82) is 0 Å². The summed E-state index contributed by atoms with van der Waals surface area (Å²) in [7, 11) is -1.67. The molecule has 1 N–H and O–H groups in total. The van der Waals surface area contributed by atoms with E-state index < -0.39 is 10.0 Å². The van der Waals surface area contributed by atoms with Crippen LogP contribution < -0.4 is 5.32 Å². The van der Waals surface area contributed by atoms with Crippen molar-refractivity contribution in [2.24, 2.45) is 5.92 Å². The molecule has 0 bridgehead atoms. The van der Waals surface area contributed by atoms with Gasteiger partial charge in [-0.3, -0.25) is 0 Å². The largest absolute Gasteiger partial charge is 0.312 e. The minimum atomic E-state index is -3.32. The van der Waals surface area contributed by atoms with Crippen LogP contribution in [0.25, 0.3) is 0 Å². The van der Waals surface area contributed by atoms with E-state index in [1.807, 2.05) is 13.0 Å². The Morgan fingerprint density at radius 1 is 1.37 bits per heavy atom. The molecule has 0 saturated carbocycles. The molecule has 1 aromatic heterocycles. The Labute approximate surface area is 120 Å². The van der Waals surface area contributed by atoms with Crippen molar-refractivity contribution in [1.82, 2.24) is 9.62 Å². The Hall–Kier alpha value is -0.430. The molecule has 0 aliphatic heterocycles. The summed E-state index contributed by atoms with van der Waals surface area (Å²) >= 11 is 1.35. The number of hydrogen-bond acceptors (Lipinski definition) is 4. The number of nitrogens with zero attached hydrogens (tertiary/aromatic N) is 1. The molecule has 0 fully saturated rings. The van der Waals surface area contributed by atoms with Gasteiger partial charge in [-0.1, -0.05) is 27.2 Å². The average molecular weight is 304 g/mol. The molecule has 0 amide bonds. The highest BCUT2D eigenvalue weighted by Gasteiger charge is 2.23. The van der Waals surface area contributed by atoms with Gasteiger partial charge in [-0.25, -0.2) is 8.42 Å². The van der Waals surface area contributed by atoms with Gasteiger partial charge in [0, 0.05) is 25.0 Å². The van der Waals surface area contributed by atoms with Gasteiger partial charge < -0.3 is 5.32 Å². The highest BCUT2D eigenvalue weighted by molar-refractivity contribution is 7.91. The second-order valence-corrected chi connectivity index (χ2v) is 8.24. The number of hydrogen-bond donors (Lipinski definition) is 1. The van der Waals surface area contributed by atoms with Gasteiger partial charge in [0.2, 0.25) is 0 Å². The molecule has 19 heavy (non-hydrogen) atoms. The van der Waals surface area contributed by atoms with Crippen molar-refractivity contribution < 1.29 is 8.42 Å². The van der Waals surface area contributed by atoms with E-state index in [2.05, 4.69) is 19.2 Å². The van der Waals surface area contributed by atoms with Gasteiger partial charge in [-0.05, 0) is 24.6 Å². The predicted octanol–water partition coefficient (Wildman–Crippen LogP) is 2.52. The number of sulfonamides is 1. The van der Waals surface area contributed by atoms with Crippen molar-refractivity contribution in [3.8, 4) is 0 Å². The lowest BCUT2D eigenvalue weighted by atomic mass is 10.1. The molecule has 0 aliphatic carbocycles. The van der Waals surface area contributed by atoms with E-state index in [0.717, 1.165) is 24.4 Å². The summed E-state index contributed by atoms with van der Waals surface area (Å²) < 4.78 is 26.7. The maximum Gasteiger partial charge on any atom is 0.252 e. The van der Waals surface area contributed by atoms with Gasteiger partial charge in [0.05, 0.1) is 0 Å². The van der Waals surface area contributed by atoms with Crippen LogP contribution >= 0.6 is 11.3 Å². The first-order valence-corrected chi connectivity index (χ1v) is 8.93. The van der Waals surface area contributed by atoms with E-state index >= 15 is 0 Å². The summed E-state index contributed by atoms with van der Waals surface area (Å²) in [6.45, 7) is 8.35. The zero-order valence-corrected chi connectivity index (χ0v) is 13.8. The fourth-order valence-electron chi connectivity index (χ4n) is 1.66. The molecule has 1 aromatic rings. The molecule has 1 rings (SSSR count). The SMILES string of the molecule is CCNCc1ccc(S(=O)(=O)N(C)CC(C)CC)s1. The van der Waals surface area contributed by atoms with Gasteiger partial charge in [0.1, 0.15) is 4.21 Å². The summed E-state index contributed by atoms with van der Waals surface area (Å²) in [4.78, 5) is 1.05. The minimum Gasteiger partial charge on any atom is -0.312 e. The van der Waals surface area contributed by atoms with Gasteiger partial charge in [0.15, 0.2) is 0 Å². The van der Waals surface area contributed by atoms with Crippen LogP contribution in [-0.4, -0.2) is 32.9 Å². The fourth-order valence-corrected chi connectivity index (χ4v) is 4.49. The highest BCUT2D eigenvalue weighted by atomic mass is 32.2. The second-order valence-electron chi connectivity index (χ2n) is 4.80. The van der Waals surface area contributed by atoms with E-state index in [1.54, 1.807) is 13.1 Å². The van der Waals surface area contributed by atoms with E-state index in [-0.39, 0.29) is 0 Å². The maximum absolute atomic E-state index is 12.4. The molecule has 0 radical (unpaired) electrons. The summed E-state index contributed by atoms with van der Waals surface area (Å²) in [5.41, 5.74) is 0. The monoisotopic (exact) mass is 304 g/mol. The van der Waals surface area contributed by atoms with Crippen molar-refractivity contribution in [3.63, 3.8) is 0 Å². The van der Waals surface area contributed by atoms with Crippen molar-refractivity contribution >= 4 is 21.4 Å². The van der Waals surface area contributed by atoms with Crippen LogP contribution in [0, 0.1) is 5.92 Å². The number of rotatable bonds is 8. The first-order valence-electron chi connectivity index (χ1n) is 6.67. The fraction of sp³-hybridized carbons (Fsp3) is 0.692. The van der Waals surface area contributed by atoms with Crippen molar-refractivity contribution in [3.05, 3.63) is 17.0 Å². The quantitative estimate of drug-likeness (QED) is 0.803. The molecule has 6 heteroatoms. The maximum atomic E-state index is 12.4. The lowest BCUT2D eigenvalue weighted by Crippen LogP contribution is -2.30. The molecule has 0 aromatic carbocycles. The van der Waals surface area contributed by atoms with Crippen LogP contribution in [-0.2, 0) is 16.6 Å². The second kappa shape index (κ2) is 7.38. The molecule has 1 atom stereocenters. The summed E-state index contributed by atoms with van der Waals surface area (Å²) in [6.07, 6.45) is 0.982. The van der Waals surface area contributed by atoms with Crippen LogP contribution in [0.4, 0.5) is 0 Å². The average Bonchev–Trinajstić information content (AvgIpc) is 2.85. The summed E-state index contributed by atoms with van der Waals surface area (Å²) in [5, 5.41) is 3.20. The van der Waals surface area contributed by atoms with Gasteiger partial charge in [-0.15, -0.1) is 11.3 Å². The van der Waals surface area contributed by atoms with Crippen LogP contribution in [0.15, 0.2) is 16.3 Å². The van der Waals surface area contributed by atoms with Gasteiger partial charge in [0.25, 0.3) is 10.0 Å². The van der Waals surface area contributed by atoms with Gasteiger partial charge >= 0.3 is 0 Å². The molecule has 0 aliphatic rings. The normalized spacial score (nSPS) is 13.9. The Morgan fingerprint density at radius 3 is 2.63 bits per heavy atom. The molecule has 110 valence electrons. The Kier molecular flexibility index (Phi) is 6.46. The Morgan fingerprint density at radius 2 is 2.05 bits per heavy atom. The standard InChI is InChI=1S/C13H24N2O2S2/c1-5-11(3)10-15(4)19(16,17)13-8-7-12(18-13)9-14-6-2/h7-8,11,14H,5-6,9-10H2,1-4H3. The molecule has 0 saturated heterocycles. The first-order chi connectivity index (χ1) is 8.91. The zero-order valence-electron chi connectivity index (χ0n) is 12.1. The lowest BCUT2D eigenvalue weighted by Gasteiger charge is -2.19. The molecule has 4 nitrogen and oxygen atoms in total. The molecule has 1 unspecified atom stereocenters. The molecular weight excluding hydrogens is 280 g/mol.